The van der Waals surface area contributed by atoms with Crippen molar-refractivity contribution in [3.05, 3.63) is 39.6 Å². The Morgan fingerprint density at radius 1 is 1.33 bits per heavy atom. The Morgan fingerprint density at radius 3 is 2.72 bits per heavy atom. The number of nitrogens with zero attached hydrogens (tertiary/aromatic N) is 3. The summed E-state index contributed by atoms with van der Waals surface area (Å²) >= 11 is 1.69. The van der Waals surface area contributed by atoms with Crippen LogP contribution in [-0.2, 0) is 13.1 Å². The van der Waals surface area contributed by atoms with Crippen molar-refractivity contribution < 1.29 is 0 Å². The molecule has 96 valence electrons. The van der Waals surface area contributed by atoms with E-state index in [1.165, 1.54) is 4.88 Å². The van der Waals surface area contributed by atoms with Gasteiger partial charge in [-0.2, -0.15) is 0 Å². The van der Waals surface area contributed by atoms with Gasteiger partial charge in [-0.15, -0.1) is 11.3 Å². The highest BCUT2D eigenvalue weighted by molar-refractivity contribution is 7.09. The summed E-state index contributed by atoms with van der Waals surface area (Å²) < 4.78 is 0. The summed E-state index contributed by atoms with van der Waals surface area (Å²) in [6, 6.07) is 2.08. The molecule has 0 bridgehead atoms. The van der Waals surface area contributed by atoms with Crippen LogP contribution < -0.4 is 10.6 Å². The van der Waals surface area contributed by atoms with Crippen LogP contribution in [0.3, 0.4) is 0 Å². The second-order valence-corrected chi connectivity index (χ2v) is 5.31. The van der Waals surface area contributed by atoms with E-state index >= 15 is 0 Å². The highest BCUT2D eigenvalue weighted by Gasteiger charge is 2.10. The first-order valence-electron chi connectivity index (χ1n) is 5.87. The van der Waals surface area contributed by atoms with Crippen molar-refractivity contribution in [2.24, 2.45) is 5.73 Å². The summed E-state index contributed by atoms with van der Waals surface area (Å²) in [5.74, 6) is 0. The van der Waals surface area contributed by atoms with Gasteiger partial charge < -0.3 is 10.6 Å². The first-order valence-corrected chi connectivity index (χ1v) is 6.75. The third kappa shape index (κ3) is 2.68. The van der Waals surface area contributed by atoms with E-state index in [1.807, 2.05) is 25.6 Å². The molecule has 0 amide bonds. The highest BCUT2D eigenvalue weighted by Crippen LogP contribution is 2.23. The van der Waals surface area contributed by atoms with Crippen molar-refractivity contribution in [1.29, 1.82) is 0 Å². The largest absolute Gasteiger partial charge is 0.369 e. The van der Waals surface area contributed by atoms with Crippen LogP contribution in [0.5, 0.6) is 0 Å². The van der Waals surface area contributed by atoms with Crippen molar-refractivity contribution >= 4 is 17.0 Å². The average Bonchev–Trinajstić information content (AvgIpc) is 2.75. The summed E-state index contributed by atoms with van der Waals surface area (Å²) in [5.41, 5.74) is 12.0. The Hall–Kier alpha value is -1.46. The van der Waals surface area contributed by atoms with E-state index in [0.717, 1.165) is 29.2 Å². The van der Waals surface area contributed by atoms with Gasteiger partial charge in [0.15, 0.2) is 0 Å². The molecular weight excluding hydrogens is 244 g/mol. The van der Waals surface area contributed by atoms with Gasteiger partial charge in [0.1, 0.15) is 0 Å². The third-order valence-corrected chi connectivity index (χ3v) is 3.88. The van der Waals surface area contributed by atoms with E-state index in [9.17, 15) is 0 Å². The van der Waals surface area contributed by atoms with Gasteiger partial charge in [0.2, 0.25) is 0 Å². The Balaban J connectivity index is 2.25. The molecule has 0 aliphatic rings. The molecule has 0 fully saturated rings. The summed E-state index contributed by atoms with van der Waals surface area (Å²) in [4.78, 5) is 12.1. The maximum Gasteiger partial charge on any atom is 0.0798 e. The van der Waals surface area contributed by atoms with Gasteiger partial charge in [0.25, 0.3) is 0 Å². The van der Waals surface area contributed by atoms with Gasteiger partial charge in [-0.25, -0.2) is 4.98 Å². The predicted molar refractivity (Wildman–Crippen MR) is 75.8 cm³/mol. The first-order chi connectivity index (χ1) is 8.61. The van der Waals surface area contributed by atoms with E-state index < -0.39 is 0 Å². The molecule has 0 aliphatic carbocycles. The van der Waals surface area contributed by atoms with E-state index in [-0.39, 0.29) is 0 Å². The molecule has 2 heterocycles. The van der Waals surface area contributed by atoms with Crippen molar-refractivity contribution in [3.63, 3.8) is 0 Å². The van der Waals surface area contributed by atoms with Crippen LogP contribution in [0, 0.1) is 13.8 Å². The van der Waals surface area contributed by atoms with E-state index in [2.05, 4.69) is 28.0 Å². The monoisotopic (exact) mass is 262 g/mol. The minimum absolute atomic E-state index is 0.509. The number of pyridine rings is 1. The van der Waals surface area contributed by atoms with Gasteiger partial charge in [0, 0.05) is 41.6 Å². The number of aryl methyl sites for hydroxylation is 2. The van der Waals surface area contributed by atoms with Crippen molar-refractivity contribution in [2.75, 3.05) is 11.9 Å². The van der Waals surface area contributed by atoms with Gasteiger partial charge in [0.05, 0.1) is 17.7 Å². The van der Waals surface area contributed by atoms with Gasteiger partial charge in [-0.3, -0.25) is 4.98 Å². The smallest absolute Gasteiger partial charge is 0.0798 e. The minimum atomic E-state index is 0.509. The van der Waals surface area contributed by atoms with E-state index in [0.29, 0.717) is 6.54 Å². The van der Waals surface area contributed by atoms with Crippen LogP contribution in [0.4, 0.5) is 5.69 Å². The fourth-order valence-electron chi connectivity index (χ4n) is 1.86. The zero-order valence-corrected chi connectivity index (χ0v) is 11.8. The molecule has 0 aliphatic heterocycles. The molecule has 0 aromatic carbocycles. The lowest BCUT2D eigenvalue weighted by Crippen LogP contribution is -2.19. The van der Waals surface area contributed by atoms with Crippen LogP contribution in [-0.4, -0.2) is 17.0 Å². The van der Waals surface area contributed by atoms with Gasteiger partial charge in [-0.1, -0.05) is 0 Å². The van der Waals surface area contributed by atoms with Crippen LogP contribution in [0.2, 0.25) is 0 Å². The number of nitrogens with two attached hydrogens (primary N) is 1. The quantitative estimate of drug-likeness (QED) is 0.918. The van der Waals surface area contributed by atoms with Gasteiger partial charge >= 0.3 is 0 Å². The Labute approximate surface area is 111 Å². The molecule has 18 heavy (non-hydrogen) atoms. The second-order valence-electron chi connectivity index (χ2n) is 4.38. The molecule has 0 spiro atoms. The lowest BCUT2D eigenvalue weighted by atomic mass is 10.2. The number of hydrogen-bond donors (Lipinski definition) is 1. The van der Waals surface area contributed by atoms with Gasteiger partial charge in [-0.05, 0) is 19.9 Å². The number of thiazole rings is 1. The standard InChI is InChI=1S/C13H18N4S/c1-9-4-12(11(5-14)6-15-9)17(3)7-13-10(2)16-8-18-13/h4,6,8H,5,7,14H2,1-3H3. The molecular formula is C13H18N4S. The zero-order valence-electron chi connectivity index (χ0n) is 11.0. The maximum atomic E-state index is 5.77. The Morgan fingerprint density at radius 2 is 2.11 bits per heavy atom. The molecule has 0 radical (unpaired) electrons. The molecule has 0 unspecified atom stereocenters. The van der Waals surface area contributed by atoms with E-state index in [4.69, 9.17) is 5.73 Å². The normalized spacial score (nSPS) is 10.7. The topological polar surface area (TPSA) is 55.0 Å². The average molecular weight is 262 g/mol. The van der Waals surface area contributed by atoms with Crippen molar-refractivity contribution in [1.82, 2.24) is 9.97 Å². The molecule has 5 heteroatoms. The van der Waals surface area contributed by atoms with Crippen LogP contribution in [0.1, 0.15) is 21.8 Å². The lowest BCUT2D eigenvalue weighted by molar-refractivity contribution is 0.897. The van der Waals surface area contributed by atoms with Crippen LogP contribution in [0.15, 0.2) is 17.8 Å². The van der Waals surface area contributed by atoms with Crippen molar-refractivity contribution in [2.45, 2.75) is 26.9 Å². The Bertz CT molecular complexity index is 536. The molecule has 0 atom stereocenters. The lowest BCUT2D eigenvalue weighted by Gasteiger charge is -2.22. The molecule has 2 N–H and O–H groups in total. The fraction of sp³-hybridized carbons (Fsp3) is 0.385. The SMILES string of the molecule is Cc1cc(N(C)Cc2scnc2C)c(CN)cn1. The predicted octanol–water partition coefficient (Wildman–Crippen LogP) is 2.25. The van der Waals surface area contributed by atoms with Crippen LogP contribution in [0.25, 0.3) is 0 Å². The highest BCUT2D eigenvalue weighted by atomic mass is 32.1. The van der Waals surface area contributed by atoms with Crippen LogP contribution >= 0.6 is 11.3 Å². The zero-order chi connectivity index (χ0) is 13.1. The third-order valence-electron chi connectivity index (χ3n) is 2.96. The molecule has 2 aromatic heterocycles. The number of aromatic nitrogens is 2. The fourth-order valence-corrected chi connectivity index (χ4v) is 2.69. The van der Waals surface area contributed by atoms with E-state index in [1.54, 1.807) is 11.3 Å². The molecule has 4 nitrogen and oxygen atoms in total. The number of rotatable bonds is 4. The van der Waals surface area contributed by atoms with Crippen molar-refractivity contribution in [3.8, 4) is 0 Å². The summed E-state index contributed by atoms with van der Waals surface area (Å²) in [6.07, 6.45) is 1.86. The molecule has 2 rings (SSSR count). The number of anilines is 1. The second kappa shape index (κ2) is 5.46. The molecule has 2 aromatic rings. The number of hydrogen-bond acceptors (Lipinski definition) is 5. The minimum Gasteiger partial charge on any atom is -0.369 e. The summed E-state index contributed by atoms with van der Waals surface area (Å²) in [6.45, 7) is 5.40. The first kappa shape index (κ1) is 13.0. The Kier molecular flexibility index (Phi) is 3.93. The molecule has 0 saturated heterocycles. The maximum absolute atomic E-state index is 5.77. The molecule has 0 saturated carbocycles. The summed E-state index contributed by atoms with van der Waals surface area (Å²) in [5, 5.41) is 0. The summed E-state index contributed by atoms with van der Waals surface area (Å²) in [7, 11) is 2.08.